The summed E-state index contributed by atoms with van der Waals surface area (Å²) in [6.07, 6.45) is 1.55. The van der Waals surface area contributed by atoms with Crippen molar-refractivity contribution in [3.63, 3.8) is 0 Å². The van der Waals surface area contributed by atoms with Crippen molar-refractivity contribution in [1.29, 1.82) is 0 Å². The van der Waals surface area contributed by atoms with Crippen molar-refractivity contribution in [2.24, 2.45) is 5.41 Å². The molecule has 0 aromatic carbocycles. The van der Waals surface area contributed by atoms with Gasteiger partial charge in [-0.3, -0.25) is 19.2 Å². The third-order valence-electron chi connectivity index (χ3n) is 4.77. The van der Waals surface area contributed by atoms with Crippen molar-refractivity contribution in [3.8, 4) is 0 Å². The lowest BCUT2D eigenvalue weighted by Crippen LogP contribution is -2.57. The molecule has 33 heavy (non-hydrogen) atoms. The normalized spacial score (nSPS) is 22.0. The van der Waals surface area contributed by atoms with Gasteiger partial charge >= 0.3 is 11.9 Å². The zero-order chi connectivity index (χ0) is 25.1. The largest absolute Gasteiger partial charge is 0.481 e. The summed E-state index contributed by atoms with van der Waals surface area (Å²) in [4.78, 5) is 57.1. The Balaban J connectivity index is 2.38. The fraction of sp³-hybridized carbons (Fsp3) is 0.667. The topological polar surface area (TPSA) is 168 Å². The van der Waals surface area contributed by atoms with E-state index in [0.29, 0.717) is 12.8 Å². The first-order valence-electron chi connectivity index (χ1n) is 10.5. The zero-order valence-electron chi connectivity index (χ0n) is 19.0. The van der Waals surface area contributed by atoms with Crippen molar-refractivity contribution in [1.82, 2.24) is 10.6 Å². The Labute approximate surface area is 196 Å². The summed E-state index contributed by atoms with van der Waals surface area (Å²) < 4.78 is 11.7. The fourth-order valence-electron chi connectivity index (χ4n) is 2.97. The quantitative estimate of drug-likeness (QED) is 0.216. The van der Waals surface area contributed by atoms with Crippen LogP contribution in [0.5, 0.6) is 0 Å². The standard InChI is InChI=1S/C21H32N2O9S/c1-20(2)13-31-21(3,9-4-5-15(25)26)32-18(20)19(30)23-10-8-14(24)22-11-12-33-17(29)7-6-16(27)28/h6-7,18H,4-5,8-13H2,1-3H3,(H,22,24)(H,23,30)(H,25,26)(H,27,28)/b7-6+/t18-,21?/m0/s1. The van der Waals surface area contributed by atoms with Crippen LogP contribution < -0.4 is 10.6 Å². The molecule has 0 spiro atoms. The predicted molar refractivity (Wildman–Crippen MR) is 119 cm³/mol. The SMILES string of the molecule is CC1(CCCC(=O)O)OCC(C)(C)[C@H](C(=O)NCCC(=O)NCCSC(=O)/C=C/C(=O)O)O1. The molecule has 1 unspecified atom stereocenters. The third-order valence-corrected chi connectivity index (χ3v) is 5.60. The number of nitrogens with one attached hydrogen (secondary N) is 2. The van der Waals surface area contributed by atoms with E-state index in [-0.39, 0.29) is 50.1 Å². The molecule has 12 heteroatoms. The highest BCUT2D eigenvalue weighted by Gasteiger charge is 2.47. The van der Waals surface area contributed by atoms with Gasteiger partial charge in [-0.2, -0.15) is 0 Å². The predicted octanol–water partition coefficient (Wildman–Crippen LogP) is 0.922. The Hall–Kier alpha value is -2.44. The third kappa shape index (κ3) is 11.3. The molecule has 0 aromatic rings. The minimum Gasteiger partial charge on any atom is -0.481 e. The first-order valence-corrected chi connectivity index (χ1v) is 11.5. The molecule has 1 aliphatic heterocycles. The van der Waals surface area contributed by atoms with Crippen LogP contribution in [0.1, 0.15) is 46.5 Å². The van der Waals surface area contributed by atoms with Crippen LogP contribution in [0.25, 0.3) is 0 Å². The molecule has 11 nitrogen and oxygen atoms in total. The summed E-state index contributed by atoms with van der Waals surface area (Å²) in [5, 5.41) is 22.1. The summed E-state index contributed by atoms with van der Waals surface area (Å²) in [5.41, 5.74) is -0.614. The zero-order valence-corrected chi connectivity index (χ0v) is 19.9. The molecule has 2 amide bonds. The Morgan fingerprint density at radius 1 is 1.03 bits per heavy atom. The summed E-state index contributed by atoms with van der Waals surface area (Å²) in [7, 11) is 0. The number of carboxylic acid groups (broad SMARTS) is 2. The summed E-state index contributed by atoms with van der Waals surface area (Å²) >= 11 is 0.880. The Kier molecular flexibility index (Phi) is 11.5. The van der Waals surface area contributed by atoms with Crippen LogP contribution in [0.2, 0.25) is 0 Å². The lowest BCUT2D eigenvalue weighted by atomic mass is 9.85. The summed E-state index contributed by atoms with van der Waals surface area (Å²) in [6, 6.07) is 0. The van der Waals surface area contributed by atoms with Gasteiger partial charge in [-0.15, -0.1) is 0 Å². The second-order valence-electron chi connectivity index (χ2n) is 8.39. The van der Waals surface area contributed by atoms with Crippen molar-refractivity contribution in [2.75, 3.05) is 25.4 Å². The molecule has 0 radical (unpaired) electrons. The smallest absolute Gasteiger partial charge is 0.328 e. The molecule has 0 saturated carbocycles. The Bertz CT molecular complexity index is 769. The summed E-state index contributed by atoms with van der Waals surface area (Å²) in [5.74, 6) is -3.61. The lowest BCUT2D eigenvalue weighted by molar-refractivity contribution is -0.315. The van der Waals surface area contributed by atoms with Gasteiger partial charge in [-0.1, -0.05) is 25.6 Å². The second kappa shape index (κ2) is 13.3. The van der Waals surface area contributed by atoms with E-state index in [2.05, 4.69) is 10.6 Å². The van der Waals surface area contributed by atoms with Gasteiger partial charge in [-0.05, 0) is 19.4 Å². The number of carbonyl (C=O) groups excluding carboxylic acids is 3. The maximum Gasteiger partial charge on any atom is 0.328 e. The Morgan fingerprint density at radius 2 is 1.73 bits per heavy atom. The van der Waals surface area contributed by atoms with Crippen molar-refractivity contribution < 1.29 is 43.7 Å². The van der Waals surface area contributed by atoms with E-state index in [9.17, 15) is 24.0 Å². The van der Waals surface area contributed by atoms with Crippen LogP contribution in [0.15, 0.2) is 12.2 Å². The van der Waals surface area contributed by atoms with Crippen molar-refractivity contribution in [2.45, 2.75) is 58.3 Å². The number of aliphatic carboxylic acids is 2. The summed E-state index contributed by atoms with van der Waals surface area (Å²) in [6.45, 7) is 5.89. The maximum absolute atomic E-state index is 12.7. The van der Waals surface area contributed by atoms with Crippen molar-refractivity contribution in [3.05, 3.63) is 12.2 Å². The number of amides is 2. The fourth-order valence-corrected chi connectivity index (χ4v) is 3.54. The van der Waals surface area contributed by atoms with E-state index in [1.54, 1.807) is 6.92 Å². The van der Waals surface area contributed by atoms with Gasteiger partial charge in [0, 0.05) is 49.6 Å². The van der Waals surface area contributed by atoms with Gasteiger partial charge in [0.15, 0.2) is 5.79 Å². The molecule has 1 rings (SSSR count). The Morgan fingerprint density at radius 3 is 2.36 bits per heavy atom. The molecule has 0 bridgehead atoms. The maximum atomic E-state index is 12.7. The van der Waals surface area contributed by atoms with Gasteiger partial charge in [-0.25, -0.2) is 4.79 Å². The van der Waals surface area contributed by atoms with Gasteiger partial charge in [0.2, 0.25) is 16.9 Å². The van der Waals surface area contributed by atoms with Crippen molar-refractivity contribution >= 4 is 40.6 Å². The number of thioether (sulfide) groups is 1. The molecule has 1 saturated heterocycles. The molecule has 1 heterocycles. The van der Waals surface area contributed by atoms with Crippen LogP contribution in [-0.4, -0.2) is 76.4 Å². The van der Waals surface area contributed by atoms with Crippen LogP contribution in [0.4, 0.5) is 0 Å². The first kappa shape index (κ1) is 28.6. The molecule has 4 N–H and O–H groups in total. The van der Waals surface area contributed by atoms with Gasteiger partial charge in [0.05, 0.1) is 6.61 Å². The first-order chi connectivity index (χ1) is 15.3. The number of ether oxygens (including phenoxy) is 2. The van der Waals surface area contributed by atoms with E-state index in [0.717, 1.165) is 23.9 Å². The molecule has 0 aromatic heterocycles. The van der Waals surface area contributed by atoms with Crippen LogP contribution in [-0.2, 0) is 33.4 Å². The number of carboxylic acids is 2. The highest BCUT2D eigenvalue weighted by Crippen LogP contribution is 2.37. The molecule has 1 fully saturated rings. The molecule has 186 valence electrons. The van der Waals surface area contributed by atoms with E-state index in [1.807, 2.05) is 13.8 Å². The molecule has 0 aliphatic carbocycles. The number of hydrogen-bond donors (Lipinski definition) is 4. The van der Waals surface area contributed by atoms with Crippen LogP contribution in [0.3, 0.4) is 0 Å². The molecule has 2 atom stereocenters. The van der Waals surface area contributed by atoms with Crippen LogP contribution in [0, 0.1) is 5.41 Å². The highest BCUT2D eigenvalue weighted by atomic mass is 32.2. The van der Waals surface area contributed by atoms with Gasteiger partial charge in [0.1, 0.15) is 6.10 Å². The number of carbonyl (C=O) groups is 5. The average Bonchev–Trinajstić information content (AvgIpc) is 2.71. The van der Waals surface area contributed by atoms with Gasteiger partial charge in [0.25, 0.3) is 0 Å². The molecular weight excluding hydrogens is 456 g/mol. The van der Waals surface area contributed by atoms with E-state index >= 15 is 0 Å². The second-order valence-corrected chi connectivity index (χ2v) is 9.49. The van der Waals surface area contributed by atoms with E-state index in [1.165, 1.54) is 0 Å². The number of hydrogen-bond acceptors (Lipinski definition) is 8. The minimum atomic E-state index is -1.21. The van der Waals surface area contributed by atoms with E-state index in [4.69, 9.17) is 19.7 Å². The van der Waals surface area contributed by atoms with E-state index < -0.39 is 34.4 Å². The molecular formula is C21H32N2O9S. The average molecular weight is 489 g/mol. The molecule has 1 aliphatic rings. The van der Waals surface area contributed by atoms with Gasteiger partial charge < -0.3 is 30.3 Å². The minimum absolute atomic E-state index is 0.0244. The monoisotopic (exact) mass is 488 g/mol. The lowest BCUT2D eigenvalue weighted by Gasteiger charge is -2.46. The number of rotatable bonds is 13. The van der Waals surface area contributed by atoms with Crippen LogP contribution >= 0.6 is 11.8 Å². The highest BCUT2D eigenvalue weighted by molar-refractivity contribution is 8.14.